The number of esters is 1. The third-order valence-electron chi connectivity index (χ3n) is 4.09. The van der Waals surface area contributed by atoms with E-state index in [1.165, 1.54) is 12.1 Å². The fourth-order valence-electron chi connectivity index (χ4n) is 2.76. The van der Waals surface area contributed by atoms with E-state index >= 15 is 0 Å². The molecule has 0 radical (unpaired) electrons. The van der Waals surface area contributed by atoms with Crippen molar-refractivity contribution in [1.82, 2.24) is 0 Å². The van der Waals surface area contributed by atoms with Gasteiger partial charge in [0.1, 0.15) is 6.10 Å². The first-order valence-corrected chi connectivity index (χ1v) is 8.69. The Kier molecular flexibility index (Phi) is 7.20. The highest BCUT2D eigenvalue weighted by Crippen LogP contribution is 2.17. The molecular weight excluding hydrogens is 316 g/mol. The van der Waals surface area contributed by atoms with Crippen LogP contribution in [0.25, 0.3) is 0 Å². The lowest BCUT2D eigenvalue weighted by molar-refractivity contribution is 0.0272. The lowest BCUT2D eigenvalue weighted by atomic mass is 10.0. The summed E-state index contributed by atoms with van der Waals surface area (Å²) in [5, 5.41) is 9.25. The summed E-state index contributed by atoms with van der Waals surface area (Å²) >= 11 is 0. The van der Waals surface area contributed by atoms with Crippen molar-refractivity contribution in [3.05, 3.63) is 71.3 Å². The lowest BCUT2D eigenvalue weighted by Gasteiger charge is -2.19. The van der Waals surface area contributed by atoms with Crippen LogP contribution in [0.2, 0.25) is 0 Å². The van der Waals surface area contributed by atoms with Gasteiger partial charge in [-0.15, -0.1) is 0 Å². The Hall–Kier alpha value is -2.62. The van der Waals surface area contributed by atoms with Gasteiger partial charge in [0.2, 0.25) is 0 Å². The molecule has 1 N–H and O–H groups in total. The molecule has 1 unspecified atom stereocenters. The van der Waals surface area contributed by atoms with Crippen LogP contribution >= 0.6 is 0 Å². The van der Waals surface area contributed by atoms with Crippen LogP contribution in [0.4, 0.5) is 0 Å². The number of ether oxygens (including phenoxy) is 1. The average molecular weight is 340 g/mol. The molecule has 0 amide bonds. The molecule has 0 aliphatic heterocycles. The van der Waals surface area contributed by atoms with Gasteiger partial charge >= 0.3 is 11.9 Å². The van der Waals surface area contributed by atoms with E-state index in [0.29, 0.717) is 6.42 Å². The Balaban J connectivity index is 2.12. The molecule has 132 valence electrons. The number of carbonyl (C=O) groups excluding carboxylic acids is 1. The van der Waals surface area contributed by atoms with Gasteiger partial charge in [-0.2, -0.15) is 0 Å². The van der Waals surface area contributed by atoms with Gasteiger partial charge in [0.15, 0.2) is 0 Å². The molecule has 2 aromatic carbocycles. The molecule has 0 aromatic heterocycles. The second-order valence-corrected chi connectivity index (χ2v) is 6.06. The molecule has 0 fully saturated rings. The van der Waals surface area contributed by atoms with Crippen LogP contribution in [-0.4, -0.2) is 23.1 Å². The predicted octanol–water partition coefficient (Wildman–Crippen LogP) is 4.73. The highest BCUT2D eigenvalue weighted by molar-refractivity contribution is 6.02. The van der Waals surface area contributed by atoms with Crippen molar-refractivity contribution in [1.29, 1.82) is 0 Å². The van der Waals surface area contributed by atoms with Crippen LogP contribution in [0.3, 0.4) is 0 Å². The molecule has 1 atom stereocenters. The van der Waals surface area contributed by atoms with Crippen LogP contribution < -0.4 is 0 Å². The van der Waals surface area contributed by atoms with Crippen molar-refractivity contribution in [3.63, 3.8) is 0 Å². The maximum absolute atomic E-state index is 12.5. The minimum Gasteiger partial charge on any atom is -0.478 e. The highest BCUT2D eigenvalue weighted by Gasteiger charge is 2.21. The number of rotatable bonds is 9. The van der Waals surface area contributed by atoms with Crippen molar-refractivity contribution in [2.45, 2.75) is 45.1 Å². The normalized spacial score (nSPS) is 11.7. The van der Waals surface area contributed by atoms with Gasteiger partial charge in [-0.05, 0) is 30.5 Å². The molecule has 0 bridgehead atoms. The Bertz CT molecular complexity index is 694. The first-order chi connectivity index (χ1) is 12.1. The molecule has 2 rings (SSSR count). The Morgan fingerprint density at radius 1 is 0.960 bits per heavy atom. The van der Waals surface area contributed by atoms with Crippen molar-refractivity contribution in [3.8, 4) is 0 Å². The highest BCUT2D eigenvalue weighted by atomic mass is 16.5. The summed E-state index contributed by atoms with van der Waals surface area (Å²) in [6.45, 7) is 2.13. The van der Waals surface area contributed by atoms with Gasteiger partial charge in [-0.1, -0.05) is 62.2 Å². The first kappa shape index (κ1) is 18.7. The van der Waals surface area contributed by atoms with Gasteiger partial charge in [-0.3, -0.25) is 0 Å². The number of carbonyl (C=O) groups is 2. The molecule has 0 aliphatic carbocycles. The topological polar surface area (TPSA) is 63.6 Å². The lowest BCUT2D eigenvalue weighted by Crippen LogP contribution is -2.22. The zero-order valence-electron chi connectivity index (χ0n) is 14.5. The molecule has 0 aliphatic rings. The van der Waals surface area contributed by atoms with E-state index in [1.807, 2.05) is 30.3 Å². The maximum atomic E-state index is 12.5. The van der Waals surface area contributed by atoms with Gasteiger partial charge in [0.05, 0.1) is 11.1 Å². The second kappa shape index (κ2) is 9.62. The molecule has 4 nitrogen and oxygen atoms in total. The smallest absolute Gasteiger partial charge is 0.339 e. The SMILES string of the molecule is CCCCCC(Cc1ccccc1)OC(=O)c1ccccc1C(=O)O. The maximum Gasteiger partial charge on any atom is 0.339 e. The molecule has 0 saturated heterocycles. The van der Waals surface area contributed by atoms with Crippen molar-refractivity contribution in [2.24, 2.45) is 0 Å². The fraction of sp³-hybridized carbons (Fsp3) is 0.333. The zero-order valence-corrected chi connectivity index (χ0v) is 14.5. The van der Waals surface area contributed by atoms with E-state index in [4.69, 9.17) is 4.74 Å². The van der Waals surface area contributed by atoms with Crippen LogP contribution in [0.15, 0.2) is 54.6 Å². The quantitative estimate of drug-likeness (QED) is 0.529. The number of benzene rings is 2. The van der Waals surface area contributed by atoms with Crippen LogP contribution in [0.5, 0.6) is 0 Å². The van der Waals surface area contributed by atoms with E-state index in [9.17, 15) is 14.7 Å². The molecule has 2 aromatic rings. The van der Waals surface area contributed by atoms with Gasteiger partial charge in [0, 0.05) is 6.42 Å². The largest absolute Gasteiger partial charge is 0.478 e. The monoisotopic (exact) mass is 340 g/mol. The molecule has 0 spiro atoms. The van der Waals surface area contributed by atoms with Gasteiger partial charge in [0.25, 0.3) is 0 Å². The molecule has 0 heterocycles. The third-order valence-corrected chi connectivity index (χ3v) is 4.09. The van der Waals surface area contributed by atoms with Gasteiger partial charge in [-0.25, -0.2) is 9.59 Å². The van der Waals surface area contributed by atoms with Gasteiger partial charge < -0.3 is 9.84 Å². The number of hydrogen-bond donors (Lipinski definition) is 1. The van der Waals surface area contributed by atoms with E-state index < -0.39 is 11.9 Å². The number of carboxylic acids is 1. The van der Waals surface area contributed by atoms with Crippen molar-refractivity contribution >= 4 is 11.9 Å². The number of aromatic carboxylic acids is 1. The van der Waals surface area contributed by atoms with E-state index in [2.05, 4.69) is 6.92 Å². The van der Waals surface area contributed by atoms with E-state index in [-0.39, 0.29) is 17.2 Å². The second-order valence-electron chi connectivity index (χ2n) is 6.06. The zero-order chi connectivity index (χ0) is 18.1. The van der Waals surface area contributed by atoms with Crippen LogP contribution in [0, 0.1) is 0 Å². The minimum atomic E-state index is -1.13. The number of carboxylic acid groups (broad SMARTS) is 1. The standard InChI is InChI=1S/C21H24O4/c1-2-3-5-12-17(15-16-10-6-4-7-11-16)25-21(24)19-14-9-8-13-18(19)20(22)23/h4,6-11,13-14,17H,2-3,5,12,15H2,1H3,(H,22,23). The van der Waals surface area contributed by atoms with E-state index in [1.54, 1.807) is 12.1 Å². The summed E-state index contributed by atoms with van der Waals surface area (Å²) in [7, 11) is 0. The fourth-order valence-corrected chi connectivity index (χ4v) is 2.76. The number of unbranched alkanes of at least 4 members (excludes halogenated alkanes) is 2. The van der Waals surface area contributed by atoms with Crippen LogP contribution in [0.1, 0.15) is 58.9 Å². The summed E-state index contributed by atoms with van der Waals surface area (Å²) in [6, 6.07) is 16.0. The van der Waals surface area contributed by atoms with Crippen LogP contribution in [-0.2, 0) is 11.2 Å². The summed E-state index contributed by atoms with van der Waals surface area (Å²) in [6.07, 6.45) is 4.28. The minimum absolute atomic E-state index is 0.0282. The molecular formula is C21H24O4. The summed E-state index contributed by atoms with van der Waals surface area (Å²) in [5.41, 5.74) is 1.17. The molecule has 25 heavy (non-hydrogen) atoms. The molecule has 4 heteroatoms. The summed E-state index contributed by atoms with van der Waals surface area (Å²) < 4.78 is 5.68. The average Bonchev–Trinajstić information content (AvgIpc) is 2.62. The predicted molar refractivity (Wildman–Crippen MR) is 96.9 cm³/mol. The first-order valence-electron chi connectivity index (χ1n) is 8.69. The summed E-state index contributed by atoms with van der Waals surface area (Å²) in [5.74, 6) is -1.70. The van der Waals surface area contributed by atoms with E-state index in [0.717, 1.165) is 31.2 Å². The third kappa shape index (κ3) is 5.75. The van der Waals surface area contributed by atoms with Crippen molar-refractivity contribution < 1.29 is 19.4 Å². The Morgan fingerprint density at radius 2 is 1.60 bits per heavy atom. The molecule has 0 saturated carbocycles. The number of hydrogen-bond acceptors (Lipinski definition) is 3. The van der Waals surface area contributed by atoms with Crippen molar-refractivity contribution in [2.75, 3.05) is 0 Å². The Morgan fingerprint density at radius 3 is 2.24 bits per heavy atom. The Labute approximate surface area is 148 Å². The summed E-state index contributed by atoms with van der Waals surface area (Å²) in [4.78, 5) is 23.8.